The van der Waals surface area contributed by atoms with Gasteiger partial charge in [0, 0.05) is 17.5 Å². The van der Waals surface area contributed by atoms with E-state index in [4.69, 9.17) is 0 Å². The maximum atomic E-state index is 12.1. The molecule has 1 unspecified atom stereocenters. The van der Waals surface area contributed by atoms with Crippen molar-refractivity contribution in [2.24, 2.45) is 0 Å². The van der Waals surface area contributed by atoms with Crippen molar-refractivity contribution >= 4 is 16.7 Å². The van der Waals surface area contributed by atoms with Crippen LogP contribution in [0.2, 0.25) is 0 Å². The summed E-state index contributed by atoms with van der Waals surface area (Å²) in [5.41, 5.74) is 0. The van der Waals surface area contributed by atoms with Crippen molar-refractivity contribution in [3.63, 3.8) is 0 Å². The van der Waals surface area contributed by atoms with E-state index in [1.54, 1.807) is 6.92 Å². The molecule has 5 heteroatoms. The molecule has 0 saturated heterocycles. The lowest BCUT2D eigenvalue weighted by Crippen LogP contribution is -2.16. The van der Waals surface area contributed by atoms with Gasteiger partial charge >= 0.3 is 0 Å². The average molecular weight is 201 g/mol. The van der Waals surface area contributed by atoms with Crippen molar-refractivity contribution in [1.82, 2.24) is 9.36 Å². The molecule has 2 rings (SSSR count). The highest BCUT2D eigenvalue weighted by atomic mass is 32.1. The number of alkyl halides is 1. The third kappa shape index (κ3) is 2.15. The topological polar surface area (TPSA) is 37.8 Å². The molecular weight excluding hydrogens is 189 g/mol. The van der Waals surface area contributed by atoms with Gasteiger partial charge in [-0.05, 0) is 19.8 Å². The first kappa shape index (κ1) is 8.87. The van der Waals surface area contributed by atoms with Gasteiger partial charge in [0.15, 0.2) is 0 Å². The molecular formula is C8H12FN3S. The van der Waals surface area contributed by atoms with Crippen molar-refractivity contribution < 1.29 is 4.39 Å². The summed E-state index contributed by atoms with van der Waals surface area (Å²) in [6.45, 7) is 1.41. The second kappa shape index (κ2) is 3.57. The van der Waals surface area contributed by atoms with Crippen LogP contribution in [0.5, 0.6) is 0 Å². The summed E-state index contributed by atoms with van der Waals surface area (Å²) in [5.74, 6) is 1.51. The van der Waals surface area contributed by atoms with Gasteiger partial charge in [-0.15, -0.1) is 0 Å². The molecule has 1 aromatic heterocycles. The van der Waals surface area contributed by atoms with Crippen LogP contribution in [0.3, 0.4) is 0 Å². The van der Waals surface area contributed by atoms with Crippen molar-refractivity contribution in [1.29, 1.82) is 0 Å². The lowest BCUT2D eigenvalue weighted by Gasteiger charge is -2.05. The van der Waals surface area contributed by atoms with E-state index in [1.807, 2.05) is 0 Å². The van der Waals surface area contributed by atoms with Crippen molar-refractivity contribution in [2.75, 3.05) is 12.0 Å². The minimum absolute atomic E-state index is 0.167. The minimum atomic E-state index is -0.377. The summed E-state index contributed by atoms with van der Waals surface area (Å²) in [7, 11) is 0. The van der Waals surface area contributed by atoms with Crippen LogP contribution in [0.25, 0.3) is 0 Å². The maximum Gasteiger partial charge on any atom is 0.202 e. The van der Waals surface area contributed by atoms with E-state index in [9.17, 15) is 4.39 Å². The fourth-order valence-electron chi connectivity index (χ4n) is 1.05. The Morgan fingerprint density at radius 2 is 2.46 bits per heavy atom. The normalized spacial score (nSPS) is 18.6. The lowest BCUT2D eigenvalue weighted by atomic mass is 10.4. The Labute approximate surface area is 80.6 Å². The van der Waals surface area contributed by atoms with Gasteiger partial charge in [-0.25, -0.2) is 9.37 Å². The summed E-state index contributed by atoms with van der Waals surface area (Å²) in [4.78, 5) is 4.29. The molecule has 1 atom stereocenters. The van der Waals surface area contributed by atoms with E-state index in [1.165, 1.54) is 24.4 Å². The monoisotopic (exact) mass is 201 g/mol. The molecule has 0 bridgehead atoms. The molecule has 1 aliphatic carbocycles. The van der Waals surface area contributed by atoms with Crippen LogP contribution < -0.4 is 5.32 Å². The molecule has 1 saturated carbocycles. The molecule has 0 aromatic carbocycles. The van der Waals surface area contributed by atoms with Gasteiger partial charge in [0.25, 0.3) is 0 Å². The quantitative estimate of drug-likeness (QED) is 0.811. The number of hydrogen-bond acceptors (Lipinski definition) is 4. The first-order valence-corrected chi connectivity index (χ1v) is 5.23. The Morgan fingerprint density at radius 1 is 1.69 bits per heavy atom. The van der Waals surface area contributed by atoms with Crippen LogP contribution in [-0.2, 0) is 0 Å². The molecule has 0 amide bonds. The molecule has 3 nitrogen and oxygen atoms in total. The van der Waals surface area contributed by atoms with E-state index in [-0.39, 0.29) is 12.7 Å². The fraction of sp³-hybridized carbons (Fsp3) is 0.750. The standard InChI is InChI=1S/C8H12FN3S/c1-5(4-9)10-8-11-7(12-13-8)6-2-3-6/h5-6H,2-4H2,1H3,(H,10,11,12). The fourth-order valence-corrected chi connectivity index (χ4v) is 1.81. The zero-order chi connectivity index (χ0) is 9.26. The molecule has 0 radical (unpaired) electrons. The molecule has 0 spiro atoms. The predicted octanol–water partition coefficient (Wildman–Crippen LogP) is 2.19. The van der Waals surface area contributed by atoms with E-state index in [0.29, 0.717) is 5.92 Å². The second-order valence-electron chi connectivity index (χ2n) is 3.43. The van der Waals surface area contributed by atoms with E-state index < -0.39 is 0 Å². The number of anilines is 1. The number of rotatable bonds is 4. The predicted molar refractivity (Wildman–Crippen MR) is 50.9 cm³/mol. The zero-order valence-corrected chi connectivity index (χ0v) is 8.27. The van der Waals surface area contributed by atoms with E-state index >= 15 is 0 Å². The first-order chi connectivity index (χ1) is 6.29. The molecule has 0 aliphatic heterocycles. The van der Waals surface area contributed by atoms with E-state index in [0.717, 1.165) is 11.0 Å². The summed E-state index contributed by atoms with van der Waals surface area (Å²) in [6.07, 6.45) is 2.41. The lowest BCUT2D eigenvalue weighted by molar-refractivity contribution is 0.460. The third-order valence-corrected chi connectivity index (χ3v) is 2.65. The number of nitrogens with one attached hydrogen (secondary N) is 1. The van der Waals surface area contributed by atoms with Gasteiger partial charge in [0.05, 0.1) is 6.04 Å². The molecule has 1 aromatic rings. The first-order valence-electron chi connectivity index (χ1n) is 4.45. The number of halogens is 1. The Bertz CT molecular complexity index is 285. The molecule has 1 fully saturated rings. The molecule has 1 N–H and O–H groups in total. The summed E-state index contributed by atoms with van der Waals surface area (Å²) in [6, 6.07) is -0.167. The average Bonchev–Trinajstić information content (AvgIpc) is 2.88. The zero-order valence-electron chi connectivity index (χ0n) is 7.46. The molecule has 1 heterocycles. The van der Waals surface area contributed by atoms with E-state index in [2.05, 4.69) is 14.7 Å². The number of nitrogens with zero attached hydrogens (tertiary/aromatic N) is 2. The van der Waals surface area contributed by atoms with Gasteiger partial charge < -0.3 is 5.32 Å². The van der Waals surface area contributed by atoms with Crippen LogP contribution in [0.15, 0.2) is 0 Å². The van der Waals surface area contributed by atoms with Gasteiger partial charge in [-0.2, -0.15) is 4.37 Å². The highest BCUT2D eigenvalue weighted by Gasteiger charge is 2.27. The highest BCUT2D eigenvalue weighted by Crippen LogP contribution is 2.39. The van der Waals surface area contributed by atoms with Crippen molar-refractivity contribution in [3.05, 3.63) is 5.82 Å². The smallest absolute Gasteiger partial charge is 0.202 e. The molecule has 1 aliphatic rings. The number of hydrogen-bond donors (Lipinski definition) is 1. The highest BCUT2D eigenvalue weighted by molar-refractivity contribution is 7.09. The van der Waals surface area contributed by atoms with Crippen LogP contribution in [0, 0.1) is 0 Å². The van der Waals surface area contributed by atoms with Gasteiger partial charge in [-0.1, -0.05) is 0 Å². The summed E-state index contributed by atoms with van der Waals surface area (Å²) in [5, 5.41) is 3.71. The van der Waals surface area contributed by atoms with Gasteiger partial charge in [0.1, 0.15) is 12.5 Å². The SMILES string of the molecule is CC(CF)Nc1nc(C2CC2)ns1. The Hall–Kier alpha value is -0.710. The molecule has 72 valence electrons. The Balaban J connectivity index is 1.96. The maximum absolute atomic E-state index is 12.1. The third-order valence-electron chi connectivity index (χ3n) is 1.99. The van der Waals surface area contributed by atoms with Crippen LogP contribution in [0.1, 0.15) is 31.5 Å². The van der Waals surface area contributed by atoms with Crippen LogP contribution in [0.4, 0.5) is 9.52 Å². The Kier molecular flexibility index (Phi) is 2.44. The minimum Gasteiger partial charge on any atom is -0.355 e. The van der Waals surface area contributed by atoms with Crippen LogP contribution in [-0.4, -0.2) is 22.1 Å². The van der Waals surface area contributed by atoms with Gasteiger partial charge in [-0.3, -0.25) is 0 Å². The Morgan fingerprint density at radius 3 is 3.08 bits per heavy atom. The number of aromatic nitrogens is 2. The van der Waals surface area contributed by atoms with Crippen LogP contribution >= 0.6 is 11.5 Å². The summed E-state index contributed by atoms with van der Waals surface area (Å²) < 4.78 is 16.4. The van der Waals surface area contributed by atoms with Gasteiger partial charge in [0.2, 0.25) is 5.13 Å². The van der Waals surface area contributed by atoms with Crippen molar-refractivity contribution in [3.8, 4) is 0 Å². The molecule has 13 heavy (non-hydrogen) atoms. The summed E-state index contributed by atoms with van der Waals surface area (Å²) >= 11 is 1.32. The van der Waals surface area contributed by atoms with Crippen molar-refractivity contribution in [2.45, 2.75) is 31.7 Å². The largest absolute Gasteiger partial charge is 0.355 e. The second-order valence-corrected chi connectivity index (χ2v) is 4.18.